The molecule has 4 atom stereocenters. The number of hydrogen-bond acceptors (Lipinski definition) is 2. The molecule has 27 heavy (non-hydrogen) atoms. The van der Waals surface area contributed by atoms with Crippen LogP contribution in [-0.4, -0.2) is 51.1 Å². The van der Waals surface area contributed by atoms with Crippen LogP contribution in [0.3, 0.4) is 0 Å². The Kier molecular flexibility index (Phi) is 46.4. The molecule has 0 aromatic rings. The zero-order valence-corrected chi connectivity index (χ0v) is 20.4. The van der Waals surface area contributed by atoms with Gasteiger partial charge in [-0.15, -0.1) is 12.1 Å². The predicted molar refractivity (Wildman–Crippen MR) is 116 cm³/mol. The van der Waals surface area contributed by atoms with Crippen LogP contribution in [0.25, 0.3) is 21.3 Å². The van der Waals surface area contributed by atoms with Gasteiger partial charge in [-0.1, -0.05) is 81.1 Å². The first-order valence-electron chi connectivity index (χ1n) is 9.68. The summed E-state index contributed by atoms with van der Waals surface area (Å²) in [5, 5.41) is 17.8. The van der Waals surface area contributed by atoms with Gasteiger partial charge >= 0.3 is 19.5 Å². The van der Waals surface area contributed by atoms with E-state index in [1.807, 2.05) is 0 Å². The molecule has 0 bridgehead atoms. The van der Waals surface area contributed by atoms with E-state index in [0.29, 0.717) is 12.1 Å². The van der Waals surface area contributed by atoms with E-state index >= 15 is 0 Å². The molecule has 0 rings (SSSR count). The molecule has 0 aliphatic heterocycles. The fourth-order valence-corrected chi connectivity index (χ4v) is 1.78. The number of hydrogen-bond donors (Lipinski definition) is 0. The second-order valence-electron chi connectivity index (χ2n) is 5.59. The molecule has 7 heteroatoms. The van der Waals surface area contributed by atoms with Gasteiger partial charge in [-0.2, -0.15) is 13.1 Å². The van der Waals surface area contributed by atoms with E-state index in [0.717, 1.165) is 38.8 Å². The van der Waals surface area contributed by atoms with Crippen LogP contribution in [-0.2, 0) is 29.1 Å². The third kappa shape index (κ3) is 30.8. The van der Waals surface area contributed by atoms with Crippen molar-refractivity contribution in [3.63, 3.8) is 0 Å². The van der Waals surface area contributed by atoms with Gasteiger partial charge in [-0.25, -0.2) is 12.3 Å². The standard InChI is InChI=1S/2C9H20N2.2CHO.Ru/c2*1-5-8(4)11-9(6-2)10-7-3;2*1-2;/h2*8-9H,5-7H2,1-4H3;2*1H;/q2*-2;2*-1;+6. The van der Waals surface area contributed by atoms with Crippen LogP contribution in [0.15, 0.2) is 0 Å². The zero-order chi connectivity index (χ0) is 21.4. The molecule has 0 aromatic heterocycles. The monoisotopic (exact) mass is 472 g/mol. The normalized spacial score (nSPS) is 13.6. The molecular weight excluding hydrogens is 429 g/mol. The molecule has 4 unspecified atom stereocenters. The van der Waals surface area contributed by atoms with Crippen molar-refractivity contribution in [1.82, 2.24) is 0 Å². The minimum atomic E-state index is 0. The van der Waals surface area contributed by atoms with Crippen molar-refractivity contribution < 1.29 is 29.1 Å². The molecule has 0 amide bonds. The summed E-state index contributed by atoms with van der Waals surface area (Å²) in [6.45, 7) is 25.3. The van der Waals surface area contributed by atoms with Crippen molar-refractivity contribution in [3.05, 3.63) is 21.3 Å². The van der Waals surface area contributed by atoms with Gasteiger partial charge in [0.2, 0.25) is 0 Å². The Labute approximate surface area is 182 Å². The predicted octanol–water partition coefficient (Wildman–Crippen LogP) is 6.03. The maximum atomic E-state index is 7.75. The second-order valence-corrected chi connectivity index (χ2v) is 5.59. The molecule has 0 N–H and O–H groups in total. The van der Waals surface area contributed by atoms with Gasteiger partial charge in [0.15, 0.2) is 0 Å². The smallest absolute Gasteiger partial charge is 0.678 e. The van der Waals surface area contributed by atoms with E-state index in [9.17, 15) is 0 Å². The van der Waals surface area contributed by atoms with Gasteiger partial charge in [-0.3, -0.25) is 13.6 Å². The van der Waals surface area contributed by atoms with Crippen molar-refractivity contribution in [2.45, 2.75) is 105 Å². The van der Waals surface area contributed by atoms with Crippen LogP contribution in [0.4, 0.5) is 0 Å². The van der Waals surface area contributed by atoms with E-state index in [-0.39, 0.29) is 31.8 Å². The Morgan fingerprint density at radius 2 is 0.852 bits per heavy atom. The average molecular weight is 472 g/mol. The van der Waals surface area contributed by atoms with Crippen molar-refractivity contribution in [3.8, 4) is 0 Å². The topological polar surface area (TPSA) is 90.5 Å². The van der Waals surface area contributed by atoms with Crippen LogP contribution >= 0.6 is 0 Å². The SMILES string of the molecule is CC[N-]C(CC)[N-]C(C)CC.CC[N-]C(CC)[N-]C(C)CC.[CH-]=O.[CH-]=O.[Ru+6]. The molecule has 0 aliphatic rings. The van der Waals surface area contributed by atoms with Crippen molar-refractivity contribution in [2.24, 2.45) is 0 Å². The Morgan fingerprint density at radius 3 is 1.00 bits per heavy atom. The molecule has 0 saturated heterocycles. The van der Waals surface area contributed by atoms with E-state index in [1.165, 1.54) is 0 Å². The van der Waals surface area contributed by atoms with Crippen molar-refractivity contribution in [2.75, 3.05) is 13.1 Å². The minimum absolute atomic E-state index is 0. The molecule has 162 valence electrons. The maximum Gasteiger partial charge on any atom is 6.00 e. The Hall–Kier alpha value is -0.197. The van der Waals surface area contributed by atoms with Gasteiger partial charge in [0.05, 0.1) is 0 Å². The van der Waals surface area contributed by atoms with Gasteiger partial charge in [0.25, 0.3) is 0 Å². The summed E-state index contributed by atoms with van der Waals surface area (Å²) in [6.07, 6.45) is 4.81. The van der Waals surface area contributed by atoms with Crippen LogP contribution in [0.5, 0.6) is 0 Å². The zero-order valence-electron chi connectivity index (χ0n) is 18.7. The van der Waals surface area contributed by atoms with E-state index in [4.69, 9.17) is 9.59 Å². The van der Waals surface area contributed by atoms with Crippen LogP contribution in [0.2, 0.25) is 0 Å². The second kappa shape index (κ2) is 33.4. The fourth-order valence-electron chi connectivity index (χ4n) is 1.78. The number of nitrogens with zero attached hydrogens (tertiary/aromatic N) is 4. The van der Waals surface area contributed by atoms with E-state index < -0.39 is 0 Å². The third-order valence-corrected chi connectivity index (χ3v) is 3.55. The summed E-state index contributed by atoms with van der Waals surface area (Å²) in [4.78, 5) is 15.5. The molecule has 0 aliphatic carbocycles. The van der Waals surface area contributed by atoms with Crippen molar-refractivity contribution >= 4 is 13.6 Å². The number of carbonyl (C=O) groups excluding carboxylic acids is 2. The van der Waals surface area contributed by atoms with Crippen LogP contribution < -0.4 is 0 Å². The van der Waals surface area contributed by atoms with Gasteiger partial charge in [0, 0.05) is 0 Å². The summed E-state index contributed by atoms with van der Waals surface area (Å²) >= 11 is 0. The summed E-state index contributed by atoms with van der Waals surface area (Å²) in [7, 11) is 0. The van der Waals surface area contributed by atoms with Gasteiger partial charge in [0.1, 0.15) is 0 Å². The minimum Gasteiger partial charge on any atom is -0.678 e. The average Bonchev–Trinajstić information content (AvgIpc) is 2.70. The molecule has 0 spiro atoms. The Morgan fingerprint density at radius 1 is 0.593 bits per heavy atom. The molecule has 6 nitrogen and oxygen atoms in total. The molecule has 0 aromatic carbocycles. The first-order valence-corrected chi connectivity index (χ1v) is 9.68. The van der Waals surface area contributed by atoms with Crippen molar-refractivity contribution in [1.29, 1.82) is 0 Å². The van der Waals surface area contributed by atoms with E-state index in [1.54, 1.807) is 0 Å². The van der Waals surface area contributed by atoms with Crippen LogP contribution in [0.1, 0.15) is 81.1 Å². The molecule has 0 saturated carbocycles. The Balaban J connectivity index is -0.0000000975. The van der Waals surface area contributed by atoms with Crippen LogP contribution in [0, 0.1) is 0 Å². The summed E-state index contributed by atoms with van der Waals surface area (Å²) in [6, 6.07) is 0.936. The van der Waals surface area contributed by atoms with Gasteiger partial charge < -0.3 is 30.9 Å². The van der Waals surface area contributed by atoms with Gasteiger partial charge in [-0.05, 0) is 0 Å². The molecule has 0 heterocycles. The Bertz CT molecular complexity index is 228. The maximum absolute atomic E-state index is 7.75. The molecule has 0 radical (unpaired) electrons. The fraction of sp³-hybridized carbons (Fsp3) is 0.900. The first kappa shape index (κ1) is 37.5. The first-order chi connectivity index (χ1) is 12.5. The number of rotatable bonds is 12. The summed E-state index contributed by atoms with van der Waals surface area (Å²) < 4.78 is 0. The third-order valence-electron chi connectivity index (χ3n) is 3.55. The molecular formula is C20H42N4O2Ru. The van der Waals surface area contributed by atoms with E-state index in [2.05, 4.69) is 90.2 Å². The molecule has 0 fully saturated rings. The largest absolute Gasteiger partial charge is 6.00 e. The summed E-state index contributed by atoms with van der Waals surface area (Å²) in [5.41, 5.74) is 0. The quantitative estimate of drug-likeness (QED) is 0.198. The summed E-state index contributed by atoms with van der Waals surface area (Å²) in [5.74, 6) is 0.